The molecule has 6 nitrogen and oxygen atoms in total. The van der Waals surface area contributed by atoms with Crippen molar-refractivity contribution in [1.82, 2.24) is 14.8 Å². The summed E-state index contributed by atoms with van der Waals surface area (Å²) >= 11 is 0. The van der Waals surface area contributed by atoms with Gasteiger partial charge in [-0.25, -0.2) is 4.98 Å². The van der Waals surface area contributed by atoms with Crippen LogP contribution >= 0.6 is 0 Å². The average molecular weight is 269 g/mol. The molecule has 0 bridgehead atoms. The van der Waals surface area contributed by atoms with E-state index in [2.05, 4.69) is 27.2 Å². The van der Waals surface area contributed by atoms with E-state index in [0.29, 0.717) is 18.1 Å². The molecular weight excluding hydrogens is 254 g/mol. The first-order chi connectivity index (χ1) is 9.60. The van der Waals surface area contributed by atoms with E-state index in [-0.39, 0.29) is 5.91 Å². The number of aryl methyl sites for hydroxylation is 2. The van der Waals surface area contributed by atoms with Crippen LogP contribution in [0.3, 0.4) is 0 Å². The molecule has 0 saturated carbocycles. The molecule has 0 aliphatic heterocycles. The van der Waals surface area contributed by atoms with Crippen LogP contribution in [0.5, 0.6) is 0 Å². The van der Waals surface area contributed by atoms with E-state index in [4.69, 9.17) is 5.73 Å². The Balaban J connectivity index is 2.11. The van der Waals surface area contributed by atoms with Crippen LogP contribution in [-0.2, 0) is 7.05 Å². The molecule has 0 aliphatic carbocycles. The molecule has 2 heterocycles. The van der Waals surface area contributed by atoms with Crippen LogP contribution in [0.15, 0.2) is 24.4 Å². The van der Waals surface area contributed by atoms with E-state index < -0.39 is 0 Å². The summed E-state index contributed by atoms with van der Waals surface area (Å²) in [6.45, 7) is 2.15. The molecule has 2 aromatic heterocycles. The standard InChI is InChI=1S/C14H15N5O/c1-10-8-13(19(2)18-10)17-14(20)12-6-5-11(9-16-12)4-3-7-15/h5-6,8-9H,7,15H2,1-2H3,(H,17,20). The maximum atomic E-state index is 12.0. The number of nitrogens with zero attached hydrogens (tertiary/aromatic N) is 3. The van der Waals surface area contributed by atoms with Crippen molar-refractivity contribution in [1.29, 1.82) is 0 Å². The molecule has 0 aliphatic rings. The van der Waals surface area contributed by atoms with Gasteiger partial charge < -0.3 is 11.1 Å². The van der Waals surface area contributed by atoms with Crippen LogP contribution < -0.4 is 11.1 Å². The van der Waals surface area contributed by atoms with Gasteiger partial charge in [0, 0.05) is 24.9 Å². The monoisotopic (exact) mass is 269 g/mol. The zero-order chi connectivity index (χ0) is 14.5. The van der Waals surface area contributed by atoms with Gasteiger partial charge in [0.2, 0.25) is 0 Å². The van der Waals surface area contributed by atoms with E-state index in [1.54, 1.807) is 36.1 Å². The summed E-state index contributed by atoms with van der Waals surface area (Å²) in [5.74, 6) is 5.92. The SMILES string of the molecule is Cc1cc(NC(=O)c2ccc(C#CCN)cn2)n(C)n1. The number of anilines is 1. The number of carbonyl (C=O) groups is 1. The third kappa shape index (κ3) is 3.22. The molecule has 20 heavy (non-hydrogen) atoms. The van der Waals surface area contributed by atoms with Crippen LogP contribution in [0, 0.1) is 18.8 Å². The number of hydrogen-bond acceptors (Lipinski definition) is 4. The first-order valence-corrected chi connectivity index (χ1v) is 6.07. The molecule has 3 N–H and O–H groups in total. The summed E-state index contributed by atoms with van der Waals surface area (Å²) < 4.78 is 1.61. The molecule has 1 amide bonds. The summed E-state index contributed by atoms with van der Waals surface area (Å²) in [5, 5.41) is 6.91. The molecule has 0 saturated heterocycles. The Morgan fingerprint density at radius 2 is 2.30 bits per heavy atom. The highest BCUT2D eigenvalue weighted by Crippen LogP contribution is 2.09. The van der Waals surface area contributed by atoms with Crippen molar-refractivity contribution in [3.8, 4) is 11.8 Å². The normalized spacial score (nSPS) is 9.75. The molecule has 0 aromatic carbocycles. The van der Waals surface area contributed by atoms with Crippen molar-refractivity contribution in [2.45, 2.75) is 6.92 Å². The first kappa shape index (κ1) is 13.8. The second-order valence-electron chi connectivity index (χ2n) is 4.19. The Morgan fingerprint density at radius 3 is 2.85 bits per heavy atom. The molecular formula is C14H15N5O. The fourth-order valence-corrected chi connectivity index (χ4v) is 1.66. The maximum Gasteiger partial charge on any atom is 0.275 e. The van der Waals surface area contributed by atoms with Crippen LogP contribution in [0.25, 0.3) is 0 Å². The van der Waals surface area contributed by atoms with Gasteiger partial charge in [0.1, 0.15) is 11.5 Å². The topological polar surface area (TPSA) is 85.8 Å². The van der Waals surface area contributed by atoms with Gasteiger partial charge in [0.05, 0.1) is 12.2 Å². The van der Waals surface area contributed by atoms with Gasteiger partial charge in [0.25, 0.3) is 5.91 Å². The number of nitrogens with two attached hydrogens (primary N) is 1. The molecule has 2 rings (SSSR count). The predicted molar refractivity (Wildman–Crippen MR) is 76.1 cm³/mol. The zero-order valence-electron chi connectivity index (χ0n) is 11.3. The summed E-state index contributed by atoms with van der Waals surface area (Å²) in [5.41, 5.74) is 7.17. The van der Waals surface area contributed by atoms with Crippen molar-refractivity contribution in [2.24, 2.45) is 12.8 Å². The summed E-state index contributed by atoms with van der Waals surface area (Å²) in [7, 11) is 1.77. The highest BCUT2D eigenvalue weighted by atomic mass is 16.2. The third-order valence-corrected chi connectivity index (χ3v) is 2.57. The Kier molecular flexibility index (Phi) is 4.13. The molecule has 0 atom stereocenters. The van der Waals surface area contributed by atoms with Crippen molar-refractivity contribution in [3.63, 3.8) is 0 Å². The van der Waals surface area contributed by atoms with Gasteiger partial charge in [-0.15, -0.1) is 0 Å². The lowest BCUT2D eigenvalue weighted by molar-refractivity contribution is 0.102. The van der Waals surface area contributed by atoms with E-state index >= 15 is 0 Å². The number of rotatable bonds is 2. The summed E-state index contributed by atoms with van der Waals surface area (Å²) in [6.07, 6.45) is 1.55. The minimum Gasteiger partial charge on any atom is -0.320 e. The van der Waals surface area contributed by atoms with Crippen molar-refractivity contribution in [3.05, 3.63) is 41.3 Å². The lowest BCUT2D eigenvalue weighted by Gasteiger charge is -2.04. The summed E-state index contributed by atoms with van der Waals surface area (Å²) in [6, 6.07) is 5.15. The lowest BCUT2D eigenvalue weighted by atomic mass is 10.2. The number of pyridine rings is 1. The molecule has 0 spiro atoms. The Hall–Kier alpha value is -2.65. The Labute approximate surface area is 117 Å². The molecule has 0 fully saturated rings. The largest absolute Gasteiger partial charge is 0.320 e. The van der Waals surface area contributed by atoms with Crippen LogP contribution in [0.1, 0.15) is 21.7 Å². The van der Waals surface area contributed by atoms with Gasteiger partial charge in [-0.3, -0.25) is 9.48 Å². The fourth-order valence-electron chi connectivity index (χ4n) is 1.66. The minimum atomic E-state index is -0.286. The first-order valence-electron chi connectivity index (χ1n) is 6.07. The van der Waals surface area contributed by atoms with E-state index in [9.17, 15) is 4.79 Å². The number of hydrogen-bond donors (Lipinski definition) is 2. The second-order valence-corrected chi connectivity index (χ2v) is 4.19. The third-order valence-electron chi connectivity index (χ3n) is 2.57. The average Bonchev–Trinajstić information content (AvgIpc) is 2.75. The van der Waals surface area contributed by atoms with Crippen LogP contribution in [0.2, 0.25) is 0 Å². The number of aromatic nitrogens is 3. The summed E-state index contributed by atoms with van der Waals surface area (Å²) in [4.78, 5) is 16.1. The molecule has 0 unspecified atom stereocenters. The van der Waals surface area contributed by atoms with Crippen molar-refractivity contribution in [2.75, 3.05) is 11.9 Å². The minimum absolute atomic E-state index is 0.286. The zero-order valence-corrected chi connectivity index (χ0v) is 11.3. The van der Waals surface area contributed by atoms with Crippen LogP contribution in [-0.4, -0.2) is 27.2 Å². The van der Waals surface area contributed by atoms with Gasteiger partial charge >= 0.3 is 0 Å². The predicted octanol–water partition coefficient (Wildman–Crippen LogP) is 0.686. The fraction of sp³-hybridized carbons (Fsp3) is 0.214. The molecule has 2 aromatic rings. The maximum absolute atomic E-state index is 12.0. The van der Waals surface area contributed by atoms with E-state index in [1.165, 1.54) is 0 Å². The Bertz CT molecular complexity index is 676. The highest BCUT2D eigenvalue weighted by Gasteiger charge is 2.10. The van der Waals surface area contributed by atoms with Gasteiger partial charge in [-0.1, -0.05) is 11.8 Å². The lowest BCUT2D eigenvalue weighted by Crippen LogP contribution is -2.15. The van der Waals surface area contributed by atoms with Crippen molar-refractivity contribution < 1.29 is 4.79 Å². The van der Waals surface area contributed by atoms with Crippen molar-refractivity contribution >= 4 is 11.7 Å². The molecule has 102 valence electrons. The van der Waals surface area contributed by atoms with E-state index in [1.807, 2.05) is 6.92 Å². The quantitative estimate of drug-likeness (QED) is 0.785. The van der Waals surface area contributed by atoms with Gasteiger partial charge in [-0.05, 0) is 19.1 Å². The smallest absolute Gasteiger partial charge is 0.275 e. The van der Waals surface area contributed by atoms with E-state index in [0.717, 1.165) is 11.3 Å². The van der Waals surface area contributed by atoms with Gasteiger partial charge in [-0.2, -0.15) is 5.10 Å². The number of nitrogens with one attached hydrogen (secondary N) is 1. The number of amides is 1. The highest BCUT2D eigenvalue weighted by molar-refractivity contribution is 6.02. The molecule has 0 radical (unpaired) electrons. The van der Waals surface area contributed by atoms with Crippen LogP contribution in [0.4, 0.5) is 5.82 Å². The van der Waals surface area contributed by atoms with Gasteiger partial charge in [0.15, 0.2) is 0 Å². The second kappa shape index (κ2) is 5.99. The number of carbonyl (C=O) groups excluding carboxylic acids is 1. The Morgan fingerprint density at radius 1 is 1.50 bits per heavy atom. The molecule has 6 heteroatoms.